The van der Waals surface area contributed by atoms with Crippen molar-refractivity contribution in [3.63, 3.8) is 0 Å². The van der Waals surface area contributed by atoms with Crippen molar-refractivity contribution in [2.75, 3.05) is 5.32 Å². The molecule has 0 aliphatic carbocycles. The molecule has 0 unspecified atom stereocenters. The van der Waals surface area contributed by atoms with Gasteiger partial charge in [0.05, 0.1) is 0 Å². The Hall–Kier alpha value is -2.02. The number of carbonyl (C=O) groups is 1. The molecule has 1 amide bonds. The molecule has 0 fully saturated rings. The highest BCUT2D eigenvalue weighted by Gasteiger charge is 2.14. The maximum absolute atomic E-state index is 11.9. The second kappa shape index (κ2) is 5.75. The maximum atomic E-state index is 11.9. The summed E-state index contributed by atoms with van der Waals surface area (Å²) in [6.45, 7) is 3.78. The van der Waals surface area contributed by atoms with Gasteiger partial charge in [-0.15, -0.1) is 5.10 Å². The first-order chi connectivity index (χ1) is 9.08. The fourth-order valence-corrected chi connectivity index (χ4v) is 1.73. The standard InChI is InChI=1S/C11H13ClN6O/c1-3-4-8-15-9(18-17-8)10(19)16-11-13-6(2)5-7(12)14-11/h5H,3-4H2,1-2H3,(H,15,17,18)(H,13,14,16,19). The summed E-state index contributed by atoms with van der Waals surface area (Å²) in [6.07, 6.45) is 1.67. The predicted octanol–water partition coefficient (Wildman–Crippen LogP) is 1.76. The molecule has 0 atom stereocenters. The predicted molar refractivity (Wildman–Crippen MR) is 70.1 cm³/mol. The SMILES string of the molecule is CCCc1nc(C(=O)Nc2nc(C)cc(Cl)n2)n[nH]1. The van der Waals surface area contributed by atoms with Crippen LogP contribution in [0.3, 0.4) is 0 Å². The topological polar surface area (TPSA) is 96.5 Å². The molecule has 7 nitrogen and oxygen atoms in total. The lowest BCUT2D eigenvalue weighted by Gasteiger charge is -2.02. The van der Waals surface area contributed by atoms with E-state index < -0.39 is 5.91 Å². The molecule has 100 valence electrons. The Morgan fingerprint density at radius 1 is 1.42 bits per heavy atom. The Morgan fingerprint density at radius 3 is 2.89 bits per heavy atom. The number of H-pyrrole nitrogens is 1. The first kappa shape index (κ1) is 13.4. The third-order valence-electron chi connectivity index (χ3n) is 2.27. The molecular formula is C11H13ClN6O. The van der Waals surface area contributed by atoms with Crippen LogP contribution in [0.2, 0.25) is 5.15 Å². The number of aryl methyl sites for hydroxylation is 2. The van der Waals surface area contributed by atoms with E-state index >= 15 is 0 Å². The summed E-state index contributed by atoms with van der Waals surface area (Å²) in [5.74, 6) is 0.401. The summed E-state index contributed by atoms with van der Waals surface area (Å²) in [6, 6.07) is 1.60. The number of aromatic amines is 1. The fourth-order valence-electron chi connectivity index (χ4n) is 1.49. The zero-order valence-corrected chi connectivity index (χ0v) is 11.3. The van der Waals surface area contributed by atoms with Gasteiger partial charge < -0.3 is 0 Å². The highest BCUT2D eigenvalue weighted by atomic mass is 35.5. The monoisotopic (exact) mass is 280 g/mol. The van der Waals surface area contributed by atoms with E-state index in [1.165, 1.54) is 0 Å². The van der Waals surface area contributed by atoms with Crippen molar-refractivity contribution >= 4 is 23.5 Å². The van der Waals surface area contributed by atoms with Crippen LogP contribution >= 0.6 is 11.6 Å². The van der Waals surface area contributed by atoms with Crippen molar-refractivity contribution in [3.05, 3.63) is 28.6 Å². The van der Waals surface area contributed by atoms with Crippen LogP contribution in [0, 0.1) is 6.92 Å². The van der Waals surface area contributed by atoms with Gasteiger partial charge in [0.2, 0.25) is 11.8 Å². The van der Waals surface area contributed by atoms with E-state index in [1.54, 1.807) is 13.0 Å². The Labute approximate surface area is 114 Å². The van der Waals surface area contributed by atoms with Crippen LogP contribution in [0.1, 0.15) is 35.5 Å². The molecule has 0 aliphatic heterocycles. The molecule has 0 aliphatic rings. The van der Waals surface area contributed by atoms with E-state index in [2.05, 4.69) is 30.5 Å². The van der Waals surface area contributed by atoms with Crippen LogP contribution in [0.4, 0.5) is 5.95 Å². The van der Waals surface area contributed by atoms with Gasteiger partial charge in [-0.1, -0.05) is 18.5 Å². The third-order valence-corrected chi connectivity index (χ3v) is 2.46. The van der Waals surface area contributed by atoms with Gasteiger partial charge in [-0.25, -0.2) is 15.0 Å². The number of anilines is 1. The van der Waals surface area contributed by atoms with Gasteiger partial charge in [0.25, 0.3) is 5.91 Å². The van der Waals surface area contributed by atoms with Crippen LogP contribution < -0.4 is 5.32 Å². The number of rotatable bonds is 4. The number of nitrogens with zero attached hydrogens (tertiary/aromatic N) is 4. The molecule has 0 radical (unpaired) electrons. The minimum Gasteiger partial charge on any atom is -0.288 e. The van der Waals surface area contributed by atoms with Crippen molar-refractivity contribution in [2.45, 2.75) is 26.7 Å². The maximum Gasteiger partial charge on any atom is 0.297 e. The molecule has 19 heavy (non-hydrogen) atoms. The molecule has 0 saturated heterocycles. The second-order valence-corrected chi connectivity index (χ2v) is 4.35. The molecule has 2 aromatic rings. The van der Waals surface area contributed by atoms with E-state index in [4.69, 9.17) is 11.6 Å². The minimum atomic E-state index is -0.472. The lowest BCUT2D eigenvalue weighted by atomic mass is 10.3. The summed E-state index contributed by atoms with van der Waals surface area (Å²) in [4.78, 5) is 23.9. The number of halogens is 1. The van der Waals surface area contributed by atoms with E-state index in [0.29, 0.717) is 11.5 Å². The smallest absolute Gasteiger partial charge is 0.288 e. The summed E-state index contributed by atoms with van der Waals surface area (Å²) in [5, 5.41) is 9.32. The first-order valence-electron chi connectivity index (χ1n) is 5.82. The molecule has 2 rings (SSSR count). The fraction of sp³-hybridized carbons (Fsp3) is 0.364. The average molecular weight is 281 g/mol. The normalized spacial score (nSPS) is 10.5. The van der Waals surface area contributed by atoms with Crippen LogP contribution in [0.25, 0.3) is 0 Å². The number of amides is 1. The van der Waals surface area contributed by atoms with Crippen LogP contribution in [0.5, 0.6) is 0 Å². The molecule has 2 aromatic heterocycles. The van der Waals surface area contributed by atoms with Gasteiger partial charge in [0.1, 0.15) is 11.0 Å². The molecule has 0 saturated carbocycles. The van der Waals surface area contributed by atoms with Crippen LogP contribution in [-0.2, 0) is 6.42 Å². The van der Waals surface area contributed by atoms with E-state index in [0.717, 1.165) is 12.8 Å². The summed E-state index contributed by atoms with van der Waals surface area (Å²) in [5.41, 5.74) is 0.664. The summed E-state index contributed by atoms with van der Waals surface area (Å²) in [7, 11) is 0. The Morgan fingerprint density at radius 2 is 2.21 bits per heavy atom. The minimum absolute atomic E-state index is 0.0599. The largest absolute Gasteiger partial charge is 0.297 e. The number of aromatic nitrogens is 5. The van der Waals surface area contributed by atoms with Gasteiger partial charge in [0.15, 0.2) is 0 Å². The number of hydrogen-bond acceptors (Lipinski definition) is 5. The average Bonchev–Trinajstić information content (AvgIpc) is 2.76. The van der Waals surface area contributed by atoms with Crippen molar-refractivity contribution < 1.29 is 4.79 Å². The van der Waals surface area contributed by atoms with Gasteiger partial charge in [-0.3, -0.25) is 15.2 Å². The molecule has 8 heteroatoms. The Bertz CT molecular complexity index is 576. The van der Waals surface area contributed by atoms with Crippen molar-refractivity contribution in [3.8, 4) is 0 Å². The number of carbonyl (C=O) groups excluding carboxylic acids is 1. The highest BCUT2D eigenvalue weighted by Crippen LogP contribution is 2.10. The quantitative estimate of drug-likeness (QED) is 0.832. The number of hydrogen-bond donors (Lipinski definition) is 2. The Kier molecular flexibility index (Phi) is 4.06. The zero-order valence-electron chi connectivity index (χ0n) is 10.6. The van der Waals surface area contributed by atoms with Crippen molar-refractivity contribution in [2.24, 2.45) is 0 Å². The van der Waals surface area contributed by atoms with Crippen molar-refractivity contribution in [1.82, 2.24) is 25.1 Å². The molecule has 0 spiro atoms. The number of nitrogens with one attached hydrogen (secondary N) is 2. The van der Waals surface area contributed by atoms with Crippen LogP contribution in [0.15, 0.2) is 6.07 Å². The first-order valence-corrected chi connectivity index (χ1v) is 6.20. The lowest BCUT2D eigenvalue weighted by molar-refractivity contribution is 0.101. The van der Waals surface area contributed by atoms with Crippen LogP contribution in [-0.4, -0.2) is 31.1 Å². The highest BCUT2D eigenvalue weighted by molar-refractivity contribution is 6.29. The van der Waals surface area contributed by atoms with Gasteiger partial charge >= 0.3 is 0 Å². The molecule has 0 aromatic carbocycles. The molecule has 2 N–H and O–H groups in total. The zero-order chi connectivity index (χ0) is 13.8. The Balaban J connectivity index is 2.11. The van der Waals surface area contributed by atoms with Gasteiger partial charge in [-0.2, -0.15) is 0 Å². The van der Waals surface area contributed by atoms with Crippen molar-refractivity contribution in [1.29, 1.82) is 0 Å². The molecule has 0 bridgehead atoms. The summed E-state index contributed by atoms with van der Waals surface area (Å²) < 4.78 is 0. The third kappa shape index (κ3) is 3.47. The van der Waals surface area contributed by atoms with Gasteiger partial charge in [0, 0.05) is 12.1 Å². The van der Waals surface area contributed by atoms with E-state index in [9.17, 15) is 4.79 Å². The van der Waals surface area contributed by atoms with Gasteiger partial charge in [-0.05, 0) is 19.4 Å². The summed E-state index contributed by atoms with van der Waals surface area (Å²) >= 11 is 5.79. The lowest BCUT2D eigenvalue weighted by Crippen LogP contribution is -2.16. The van der Waals surface area contributed by atoms with E-state index in [-0.39, 0.29) is 16.9 Å². The molecular weight excluding hydrogens is 268 g/mol. The second-order valence-electron chi connectivity index (χ2n) is 3.97. The van der Waals surface area contributed by atoms with E-state index in [1.807, 2.05) is 6.92 Å². The molecule has 2 heterocycles.